The number of aryl methyl sites for hydroxylation is 1. The van der Waals surface area contributed by atoms with Gasteiger partial charge in [-0.2, -0.15) is 0 Å². The molecule has 0 bridgehead atoms. The summed E-state index contributed by atoms with van der Waals surface area (Å²) < 4.78 is 0. The number of likely N-dealkylation sites (tertiary alicyclic amines) is 1. The van der Waals surface area contributed by atoms with Crippen molar-refractivity contribution in [1.82, 2.24) is 9.88 Å². The molecule has 0 unspecified atom stereocenters. The van der Waals surface area contributed by atoms with Gasteiger partial charge in [0.2, 0.25) is 0 Å². The number of phenolic OH excluding ortho intramolecular Hbond substituents is 1. The molecule has 0 saturated carbocycles. The van der Waals surface area contributed by atoms with Gasteiger partial charge in [-0.1, -0.05) is 30.3 Å². The lowest BCUT2D eigenvalue weighted by molar-refractivity contribution is 0.0597. The number of fused-ring (bicyclic) bond motifs is 1. The first kappa shape index (κ1) is 16.7. The molecule has 1 aliphatic rings. The summed E-state index contributed by atoms with van der Waals surface area (Å²) in [6, 6.07) is 17.6. The Morgan fingerprint density at radius 3 is 2.73 bits per heavy atom. The Morgan fingerprint density at radius 1 is 1.12 bits per heavy atom. The van der Waals surface area contributed by atoms with E-state index < -0.39 is 0 Å². The van der Waals surface area contributed by atoms with Crippen LogP contribution in [0, 0.1) is 0 Å². The van der Waals surface area contributed by atoms with Gasteiger partial charge in [0.1, 0.15) is 11.4 Å². The van der Waals surface area contributed by atoms with Crippen LogP contribution >= 0.6 is 0 Å². The van der Waals surface area contributed by atoms with Gasteiger partial charge in [0.15, 0.2) is 0 Å². The fraction of sp³-hybridized carbons (Fsp3) is 0.318. The molecule has 26 heavy (non-hydrogen) atoms. The van der Waals surface area contributed by atoms with Crippen molar-refractivity contribution >= 4 is 16.8 Å². The number of hydrogen-bond donors (Lipinski definition) is 2. The van der Waals surface area contributed by atoms with Crippen molar-refractivity contribution in [3.63, 3.8) is 0 Å². The molecule has 2 heterocycles. The van der Waals surface area contributed by atoms with Crippen LogP contribution in [0.4, 0.5) is 0 Å². The van der Waals surface area contributed by atoms with Gasteiger partial charge in [-0.25, -0.2) is 0 Å². The molecular formula is C22H24N2O2. The summed E-state index contributed by atoms with van der Waals surface area (Å²) in [4.78, 5) is 18.4. The third-order valence-electron chi connectivity index (χ3n) is 5.35. The molecule has 2 N–H and O–H groups in total. The quantitative estimate of drug-likeness (QED) is 0.729. The number of piperidine rings is 1. The van der Waals surface area contributed by atoms with E-state index in [9.17, 15) is 9.90 Å². The lowest BCUT2D eigenvalue weighted by atomic mass is 9.95. The molecule has 1 fully saturated rings. The zero-order valence-electron chi connectivity index (χ0n) is 14.8. The number of rotatable bonds is 4. The first-order chi connectivity index (χ1) is 12.7. The molecule has 1 aliphatic heterocycles. The van der Waals surface area contributed by atoms with Crippen LogP contribution in [0.1, 0.15) is 41.7 Å². The van der Waals surface area contributed by atoms with Gasteiger partial charge in [-0.15, -0.1) is 0 Å². The molecule has 3 aromatic rings. The van der Waals surface area contributed by atoms with Crippen LogP contribution < -0.4 is 0 Å². The second-order valence-corrected chi connectivity index (χ2v) is 7.12. The Hall–Kier alpha value is -2.75. The van der Waals surface area contributed by atoms with E-state index >= 15 is 0 Å². The minimum atomic E-state index is 0.108. The van der Waals surface area contributed by atoms with Gasteiger partial charge in [0.05, 0.1) is 0 Å². The normalized spacial score (nSPS) is 17.5. The number of hydrogen-bond acceptors (Lipinski definition) is 2. The molecule has 2 aromatic carbocycles. The molecular weight excluding hydrogens is 324 g/mol. The summed E-state index contributed by atoms with van der Waals surface area (Å²) in [5.41, 5.74) is 2.89. The van der Waals surface area contributed by atoms with Crippen molar-refractivity contribution < 1.29 is 9.90 Å². The summed E-state index contributed by atoms with van der Waals surface area (Å²) in [5, 5.41) is 10.5. The highest BCUT2D eigenvalue weighted by Gasteiger charge is 2.28. The van der Waals surface area contributed by atoms with Gasteiger partial charge in [-0.3, -0.25) is 4.79 Å². The molecule has 1 aromatic heterocycles. The van der Waals surface area contributed by atoms with Crippen molar-refractivity contribution in [3.05, 3.63) is 65.9 Å². The minimum Gasteiger partial charge on any atom is -0.508 e. The molecule has 1 saturated heterocycles. The third kappa shape index (κ3) is 3.45. The number of aromatic nitrogens is 1. The maximum absolute atomic E-state index is 13.1. The van der Waals surface area contributed by atoms with E-state index in [4.69, 9.17) is 0 Å². The predicted octanol–water partition coefficient (Wildman–Crippen LogP) is 4.50. The Morgan fingerprint density at radius 2 is 1.92 bits per heavy atom. The van der Waals surface area contributed by atoms with Crippen molar-refractivity contribution in [1.29, 1.82) is 0 Å². The van der Waals surface area contributed by atoms with Gasteiger partial charge in [0.25, 0.3) is 5.91 Å². The maximum atomic E-state index is 13.1. The number of aromatic hydroxyl groups is 1. The van der Waals surface area contributed by atoms with Crippen molar-refractivity contribution in [2.24, 2.45) is 0 Å². The first-order valence-corrected chi connectivity index (χ1v) is 9.37. The van der Waals surface area contributed by atoms with Crippen molar-refractivity contribution in [2.45, 2.75) is 38.1 Å². The van der Waals surface area contributed by atoms with Crippen LogP contribution in [0.25, 0.3) is 10.9 Å². The fourth-order valence-electron chi connectivity index (χ4n) is 3.91. The Kier molecular flexibility index (Phi) is 4.65. The number of carbonyl (C=O) groups is 1. The lowest BCUT2D eigenvalue weighted by Crippen LogP contribution is -2.44. The predicted molar refractivity (Wildman–Crippen MR) is 103 cm³/mol. The van der Waals surface area contributed by atoms with Gasteiger partial charge >= 0.3 is 0 Å². The van der Waals surface area contributed by atoms with Gasteiger partial charge < -0.3 is 15.0 Å². The van der Waals surface area contributed by atoms with E-state index in [1.54, 1.807) is 12.1 Å². The van der Waals surface area contributed by atoms with Crippen LogP contribution in [0.2, 0.25) is 0 Å². The largest absolute Gasteiger partial charge is 0.508 e. The second kappa shape index (κ2) is 7.24. The van der Waals surface area contributed by atoms with E-state index in [-0.39, 0.29) is 11.9 Å². The molecule has 0 spiro atoms. The number of carbonyl (C=O) groups excluding carboxylic acids is 1. The third-order valence-corrected chi connectivity index (χ3v) is 5.35. The average Bonchev–Trinajstić information content (AvgIpc) is 3.11. The molecule has 1 atom stereocenters. The number of para-hydroxylation sites is 1. The SMILES string of the molecule is O=C(c1cc2ccccc2[nH]1)N1CCCC[C@@H]1CCc1ccc(O)cc1. The van der Waals surface area contributed by atoms with Gasteiger partial charge in [-0.05, 0) is 61.9 Å². The Labute approximate surface area is 153 Å². The zero-order valence-corrected chi connectivity index (χ0v) is 14.8. The van der Waals surface area contributed by atoms with E-state index in [0.29, 0.717) is 11.4 Å². The molecule has 4 heteroatoms. The van der Waals surface area contributed by atoms with Crippen LogP contribution in [-0.2, 0) is 6.42 Å². The molecule has 0 aliphatic carbocycles. The summed E-state index contributed by atoms with van der Waals surface area (Å²) in [7, 11) is 0. The maximum Gasteiger partial charge on any atom is 0.270 e. The van der Waals surface area contributed by atoms with Gasteiger partial charge in [0, 0.05) is 23.5 Å². The number of phenols is 1. The van der Waals surface area contributed by atoms with E-state index in [0.717, 1.165) is 43.1 Å². The average molecular weight is 348 g/mol. The summed E-state index contributed by atoms with van der Waals surface area (Å²) >= 11 is 0. The highest BCUT2D eigenvalue weighted by molar-refractivity contribution is 5.98. The minimum absolute atomic E-state index is 0.108. The molecule has 134 valence electrons. The van der Waals surface area contributed by atoms with Crippen LogP contribution in [0.15, 0.2) is 54.6 Å². The number of aromatic amines is 1. The van der Waals surface area contributed by atoms with Crippen LogP contribution in [-0.4, -0.2) is 33.5 Å². The molecule has 1 amide bonds. The number of amides is 1. The summed E-state index contributed by atoms with van der Waals surface area (Å²) in [6.45, 7) is 0.828. The van der Waals surface area contributed by atoms with Crippen LogP contribution in [0.3, 0.4) is 0 Å². The number of H-pyrrole nitrogens is 1. The Bertz CT molecular complexity index is 865. The smallest absolute Gasteiger partial charge is 0.270 e. The van der Waals surface area contributed by atoms with E-state index in [2.05, 4.69) is 9.88 Å². The van der Waals surface area contributed by atoms with E-state index in [1.807, 2.05) is 42.5 Å². The number of nitrogens with one attached hydrogen (secondary N) is 1. The van der Waals surface area contributed by atoms with E-state index in [1.165, 1.54) is 12.0 Å². The monoisotopic (exact) mass is 348 g/mol. The molecule has 4 rings (SSSR count). The lowest BCUT2D eigenvalue weighted by Gasteiger charge is -2.35. The summed E-state index contributed by atoms with van der Waals surface area (Å²) in [6.07, 6.45) is 5.18. The highest BCUT2D eigenvalue weighted by Crippen LogP contribution is 2.25. The fourth-order valence-corrected chi connectivity index (χ4v) is 3.91. The first-order valence-electron chi connectivity index (χ1n) is 9.37. The van der Waals surface area contributed by atoms with Crippen molar-refractivity contribution in [2.75, 3.05) is 6.54 Å². The second-order valence-electron chi connectivity index (χ2n) is 7.12. The summed E-state index contributed by atoms with van der Waals surface area (Å²) in [5.74, 6) is 0.402. The Balaban J connectivity index is 1.49. The van der Waals surface area contributed by atoms with Crippen molar-refractivity contribution in [3.8, 4) is 5.75 Å². The standard InChI is InChI=1S/C22H24N2O2/c25-19-12-9-16(10-13-19)8-11-18-6-3-4-14-24(18)22(26)21-15-17-5-1-2-7-20(17)23-21/h1-2,5,7,9-10,12-13,15,18,23,25H,3-4,6,8,11,14H2/t18-/m1/s1. The highest BCUT2D eigenvalue weighted by atomic mass is 16.3. The number of benzene rings is 2. The van der Waals surface area contributed by atoms with Crippen LogP contribution in [0.5, 0.6) is 5.75 Å². The molecule has 4 nitrogen and oxygen atoms in total. The molecule has 0 radical (unpaired) electrons. The zero-order chi connectivity index (χ0) is 17.9. The number of nitrogens with zero attached hydrogens (tertiary/aromatic N) is 1. The topological polar surface area (TPSA) is 56.3 Å².